The number of rotatable bonds is 4. The zero-order valence-electron chi connectivity index (χ0n) is 9.27. The van der Waals surface area contributed by atoms with E-state index in [1.54, 1.807) is 6.07 Å². The minimum atomic E-state index is -0.413. The molecule has 0 heterocycles. The average Bonchev–Trinajstić information content (AvgIpc) is 2.93. The molecule has 5 nitrogen and oxygen atoms in total. The van der Waals surface area contributed by atoms with E-state index >= 15 is 0 Å². The van der Waals surface area contributed by atoms with Gasteiger partial charge in [0.05, 0.1) is 18.1 Å². The largest absolute Gasteiger partial charge is 0.496 e. The van der Waals surface area contributed by atoms with Crippen molar-refractivity contribution in [2.75, 3.05) is 12.4 Å². The summed E-state index contributed by atoms with van der Waals surface area (Å²) in [6, 6.07) is 5.17. The molecule has 0 bridgehead atoms. The first-order valence-corrected chi connectivity index (χ1v) is 5.20. The van der Waals surface area contributed by atoms with E-state index in [2.05, 4.69) is 12.2 Å². The molecule has 0 aliphatic heterocycles. The van der Waals surface area contributed by atoms with E-state index in [1.165, 1.54) is 19.2 Å². The number of methoxy groups -OCH3 is 1. The smallest absolute Gasteiger partial charge is 0.275 e. The number of nitro groups is 1. The fourth-order valence-corrected chi connectivity index (χ4v) is 1.63. The lowest BCUT2D eigenvalue weighted by atomic mass is 10.2. The van der Waals surface area contributed by atoms with Gasteiger partial charge in [-0.1, -0.05) is 6.92 Å². The molecule has 1 aromatic rings. The number of hydrogen-bond acceptors (Lipinski definition) is 4. The maximum Gasteiger partial charge on any atom is 0.275 e. The number of hydrogen-bond donors (Lipinski definition) is 1. The van der Waals surface area contributed by atoms with Crippen LogP contribution in [0.1, 0.15) is 13.3 Å². The standard InChI is InChI=1S/C11H14N2O3/c1-7-3-11(7)12-8-4-9(13(14)15)6-10(5-8)16-2/h4-7,11-12H,3H2,1-2H3. The summed E-state index contributed by atoms with van der Waals surface area (Å²) in [4.78, 5) is 10.3. The topological polar surface area (TPSA) is 64.4 Å². The molecule has 0 amide bonds. The Hall–Kier alpha value is -1.78. The second-order valence-electron chi connectivity index (χ2n) is 4.14. The third kappa shape index (κ3) is 2.24. The van der Waals surface area contributed by atoms with Crippen molar-refractivity contribution in [1.82, 2.24) is 0 Å². The zero-order valence-corrected chi connectivity index (χ0v) is 9.27. The number of nitro benzene ring substituents is 1. The van der Waals surface area contributed by atoms with Crippen LogP contribution >= 0.6 is 0 Å². The first-order chi connectivity index (χ1) is 7.60. The van der Waals surface area contributed by atoms with Crippen molar-refractivity contribution in [3.8, 4) is 5.75 Å². The maximum absolute atomic E-state index is 10.7. The highest BCUT2D eigenvalue weighted by Crippen LogP contribution is 2.34. The van der Waals surface area contributed by atoms with E-state index in [0.29, 0.717) is 17.7 Å². The third-order valence-corrected chi connectivity index (χ3v) is 2.80. The van der Waals surface area contributed by atoms with Gasteiger partial charge >= 0.3 is 0 Å². The molecule has 1 aliphatic carbocycles. The first kappa shape index (κ1) is 10.7. The molecule has 16 heavy (non-hydrogen) atoms. The Kier molecular flexibility index (Phi) is 2.68. The molecule has 2 atom stereocenters. The SMILES string of the molecule is COc1cc(NC2CC2C)cc([N+](=O)[O-])c1. The van der Waals surface area contributed by atoms with E-state index in [-0.39, 0.29) is 5.69 Å². The third-order valence-electron chi connectivity index (χ3n) is 2.80. The predicted octanol–water partition coefficient (Wildman–Crippen LogP) is 2.42. The predicted molar refractivity (Wildman–Crippen MR) is 60.8 cm³/mol. The van der Waals surface area contributed by atoms with Crippen molar-refractivity contribution >= 4 is 11.4 Å². The summed E-state index contributed by atoms with van der Waals surface area (Å²) >= 11 is 0. The number of nitrogens with one attached hydrogen (secondary N) is 1. The van der Waals surface area contributed by atoms with Gasteiger partial charge in [0.2, 0.25) is 0 Å². The van der Waals surface area contributed by atoms with Crippen LogP contribution in [0, 0.1) is 16.0 Å². The van der Waals surface area contributed by atoms with Gasteiger partial charge in [0.1, 0.15) is 5.75 Å². The van der Waals surface area contributed by atoms with Gasteiger partial charge in [0, 0.05) is 23.9 Å². The number of anilines is 1. The van der Waals surface area contributed by atoms with Crippen LogP contribution in [0.3, 0.4) is 0 Å². The van der Waals surface area contributed by atoms with Gasteiger partial charge in [-0.2, -0.15) is 0 Å². The second-order valence-corrected chi connectivity index (χ2v) is 4.14. The van der Waals surface area contributed by atoms with Gasteiger partial charge < -0.3 is 10.1 Å². The Balaban J connectivity index is 2.22. The van der Waals surface area contributed by atoms with Crippen molar-refractivity contribution in [2.45, 2.75) is 19.4 Å². The van der Waals surface area contributed by atoms with E-state index in [1.807, 2.05) is 0 Å². The molecule has 5 heteroatoms. The first-order valence-electron chi connectivity index (χ1n) is 5.20. The molecular formula is C11H14N2O3. The van der Waals surface area contributed by atoms with Crippen LogP contribution in [-0.4, -0.2) is 18.1 Å². The molecular weight excluding hydrogens is 208 g/mol. The molecule has 2 rings (SSSR count). The number of benzene rings is 1. The van der Waals surface area contributed by atoms with Crippen molar-refractivity contribution in [3.05, 3.63) is 28.3 Å². The van der Waals surface area contributed by atoms with Crippen LogP contribution in [0.5, 0.6) is 5.75 Å². The highest BCUT2D eigenvalue weighted by Gasteiger charge is 2.32. The average molecular weight is 222 g/mol. The summed E-state index contributed by atoms with van der Waals surface area (Å²) in [5.41, 5.74) is 0.801. The Labute approximate surface area is 93.6 Å². The quantitative estimate of drug-likeness (QED) is 0.627. The summed E-state index contributed by atoms with van der Waals surface area (Å²) in [5.74, 6) is 1.15. The van der Waals surface area contributed by atoms with Crippen LogP contribution in [0.4, 0.5) is 11.4 Å². The Morgan fingerprint density at radius 1 is 1.50 bits per heavy atom. The van der Waals surface area contributed by atoms with Gasteiger partial charge in [0.25, 0.3) is 5.69 Å². The molecule has 1 aromatic carbocycles. The van der Waals surface area contributed by atoms with Crippen LogP contribution in [-0.2, 0) is 0 Å². The van der Waals surface area contributed by atoms with Gasteiger partial charge in [-0.15, -0.1) is 0 Å². The van der Waals surface area contributed by atoms with Gasteiger partial charge in [-0.25, -0.2) is 0 Å². The minimum absolute atomic E-state index is 0.0511. The lowest BCUT2D eigenvalue weighted by Gasteiger charge is -2.07. The molecule has 0 radical (unpaired) electrons. The summed E-state index contributed by atoms with van der Waals surface area (Å²) in [6.07, 6.45) is 1.12. The van der Waals surface area contributed by atoms with E-state index in [9.17, 15) is 10.1 Å². The highest BCUT2D eigenvalue weighted by molar-refractivity contribution is 5.57. The number of ether oxygens (including phenoxy) is 1. The number of nitrogens with zero attached hydrogens (tertiary/aromatic N) is 1. The van der Waals surface area contributed by atoms with Crippen LogP contribution in [0.25, 0.3) is 0 Å². The lowest BCUT2D eigenvalue weighted by Crippen LogP contribution is -2.04. The molecule has 2 unspecified atom stereocenters. The zero-order chi connectivity index (χ0) is 11.7. The van der Waals surface area contributed by atoms with Crippen molar-refractivity contribution in [3.63, 3.8) is 0 Å². The summed E-state index contributed by atoms with van der Waals surface area (Å²) in [5, 5.41) is 14.0. The molecule has 1 aliphatic rings. The van der Waals surface area contributed by atoms with Gasteiger partial charge in [0.15, 0.2) is 0 Å². The molecule has 0 aromatic heterocycles. The van der Waals surface area contributed by atoms with E-state index < -0.39 is 4.92 Å². The Morgan fingerprint density at radius 2 is 2.19 bits per heavy atom. The van der Waals surface area contributed by atoms with Crippen molar-refractivity contribution in [2.24, 2.45) is 5.92 Å². The Bertz CT molecular complexity index is 420. The summed E-state index contributed by atoms with van der Waals surface area (Å²) < 4.78 is 5.03. The Morgan fingerprint density at radius 3 is 2.69 bits per heavy atom. The minimum Gasteiger partial charge on any atom is -0.496 e. The summed E-state index contributed by atoms with van der Waals surface area (Å²) in [7, 11) is 1.50. The molecule has 1 saturated carbocycles. The molecule has 1 fully saturated rings. The maximum atomic E-state index is 10.7. The van der Waals surface area contributed by atoms with Gasteiger partial charge in [-0.3, -0.25) is 10.1 Å². The van der Waals surface area contributed by atoms with Crippen LogP contribution < -0.4 is 10.1 Å². The fraction of sp³-hybridized carbons (Fsp3) is 0.455. The number of non-ortho nitro benzene ring substituents is 1. The highest BCUT2D eigenvalue weighted by atomic mass is 16.6. The van der Waals surface area contributed by atoms with Crippen molar-refractivity contribution in [1.29, 1.82) is 0 Å². The monoisotopic (exact) mass is 222 g/mol. The molecule has 0 spiro atoms. The van der Waals surface area contributed by atoms with E-state index in [4.69, 9.17) is 4.74 Å². The molecule has 86 valence electrons. The molecule has 1 N–H and O–H groups in total. The molecule has 0 saturated heterocycles. The van der Waals surface area contributed by atoms with Crippen LogP contribution in [0.15, 0.2) is 18.2 Å². The van der Waals surface area contributed by atoms with Crippen LogP contribution in [0.2, 0.25) is 0 Å². The van der Waals surface area contributed by atoms with Gasteiger partial charge in [-0.05, 0) is 12.3 Å². The normalized spacial score (nSPS) is 22.6. The van der Waals surface area contributed by atoms with Crippen molar-refractivity contribution < 1.29 is 9.66 Å². The van der Waals surface area contributed by atoms with E-state index in [0.717, 1.165) is 12.1 Å². The second kappa shape index (κ2) is 4.00. The summed E-state index contributed by atoms with van der Waals surface area (Å²) in [6.45, 7) is 2.15. The lowest BCUT2D eigenvalue weighted by molar-refractivity contribution is -0.384. The fourth-order valence-electron chi connectivity index (χ4n) is 1.63.